The van der Waals surface area contributed by atoms with E-state index in [1.165, 1.54) is 57.9 Å². The zero-order valence-electron chi connectivity index (χ0n) is 10.0. The van der Waals surface area contributed by atoms with Gasteiger partial charge in [0.1, 0.15) is 0 Å². The second-order valence-corrected chi connectivity index (χ2v) is 6.03. The van der Waals surface area contributed by atoms with Gasteiger partial charge in [-0.2, -0.15) is 12.6 Å². The van der Waals surface area contributed by atoms with Crippen molar-refractivity contribution >= 4 is 12.6 Å². The van der Waals surface area contributed by atoms with Crippen LogP contribution in [0.25, 0.3) is 0 Å². The summed E-state index contributed by atoms with van der Waals surface area (Å²) in [5.74, 6) is 1.09. The molecule has 0 unspecified atom stereocenters. The average Bonchev–Trinajstić information content (AvgIpc) is 3.05. The molecule has 0 N–H and O–H groups in total. The van der Waals surface area contributed by atoms with Gasteiger partial charge in [0.05, 0.1) is 0 Å². The van der Waals surface area contributed by atoms with E-state index in [9.17, 15) is 0 Å². The van der Waals surface area contributed by atoms with Crippen molar-refractivity contribution in [3.05, 3.63) is 0 Å². The number of hydrogen-bond donors (Lipinski definition) is 1. The van der Waals surface area contributed by atoms with Gasteiger partial charge in [-0.1, -0.05) is 25.7 Å². The van der Waals surface area contributed by atoms with Gasteiger partial charge < -0.3 is 4.90 Å². The van der Waals surface area contributed by atoms with Crippen molar-refractivity contribution in [2.24, 2.45) is 5.41 Å². The lowest BCUT2D eigenvalue weighted by atomic mass is 9.81. The van der Waals surface area contributed by atoms with Crippen LogP contribution in [-0.2, 0) is 0 Å². The van der Waals surface area contributed by atoms with Crippen molar-refractivity contribution in [1.82, 2.24) is 4.90 Å². The molecule has 0 amide bonds. The molecule has 0 aromatic heterocycles. The summed E-state index contributed by atoms with van der Waals surface area (Å²) in [7, 11) is 2.31. The van der Waals surface area contributed by atoms with E-state index >= 15 is 0 Å². The Hall–Kier alpha value is 0.310. The molecule has 2 saturated carbocycles. The Morgan fingerprint density at radius 1 is 1.13 bits per heavy atom. The van der Waals surface area contributed by atoms with Crippen molar-refractivity contribution in [3.8, 4) is 0 Å². The third-order valence-electron chi connectivity index (χ3n) is 4.25. The van der Waals surface area contributed by atoms with Crippen molar-refractivity contribution in [1.29, 1.82) is 0 Å². The van der Waals surface area contributed by atoms with E-state index in [0.717, 1.165) is 11.8 Å². The van der Waals surface area contributed by atoms with Crippen LogP contribution in [0.15, 0.2) is 0 Å². The van der Waals surface area contributed by atoms with Crippen molar-refractivity contribution in [2.75, 3.05) is 19.3 Å². The fourth-order valence-corrected chi connectivity index (χ4v) is 3.43. The van der Waals surface area contributed by atoms with Crippen LogP contribution >= 0.6 is 12.6 Å². The molecule has 0 spiro atoms. The Bertz CT molecular complexity index is 193. The van der Waals surface area contributed by atoms with Crippen molar-refractivity contribution < 1.29 is 0 Å². The van der Waals surface area contributed by atoms with Gasteiger partial charge in [0, 0.05) is 12.6 Å². The first-order valence-electron chi connectivity index (χ1n) is 6.57. The average molecular weight is 227 g/mol. The standard InChI is InChI=1S/C13H25NS/c1-14(12-6-7-12)10-13(11-15)8-4-2-3-5-9-13/h12,15H,2-11H2,1H3. The van der Waals surface area contributed by atoms with E-state index in [-0.39, 0.29) is 0 Å². The maximum absolute atomic E-state index is 4.63. The van der Waals surface area contributed by atoms with Crippen molar-refractivity contribution in [2.45, 2.75) is 57.4 Å². The summed E-state index contributed by atoms with van der Waals surface area (Å²) in [5.41, 5.74) is 0.539. The molecule has 0 heterocycles. The number of hydrogen-bond acceptors (Lipinski definition) is 2. The lowest BCUT2D eigenvalue weighted by Crippen LogP contribution is -2.38. The van der Waals surface area contributed by atoms with Crippen molar-refractivity contribution in [3.63, 3.8) is 0 Å². The first kappa shape index (κ1) is 11.8. The van der Waals surface area contributed by atoms with Gasteiger partial charge in [-0.05, 0) is 43.9 Å². The van der Waals surface area contributed by atoms with Gasteiger partial charge in [0.15, 0.2) is 0 Å². The summed E-state index contributed by atoms with van der Waals surface area (Å²) in [6.45, 7) is 1.29. The molecule has 0 aromatic carbocycles. The fraction of sp³-hybridized carbons (Fsp3) is 1.00. The van der Waals surface area contributed by atoms with E-state index in [0.29, 0.717) is 5.41 Å². The van der Waals surface area contributed by atoms with Crippen LogP contribution in [0.1, 0.15) is 51.4 Å². The fourth-order valence-electron chi connectivity index (χ4n) is 3.02. The predicted molar refractivity (Wildman–Crippen MR) is 69.6 cm³/mol. The highest BCUT2D eigenvalue weighted by molar-refractivity contribution is 7.80. The van der Waals surface area contributed by atoms with Crippen LogP contribution < -0.4 is 0 Å². The van der Waals surface area contributed by atoms with Gasteiger partial charge >= 0.3 is 0 Å². The maximum Gasteiger partial charge on any atom is 0.00936 e. The molecule has 2 fully saturated rings. The maximum atomic E-state index is 4.63. The lowest BCUT2D eigenvalue weighted by Gasteiger charge is -2.35. The molecule has 1 nitrogen and oxygen atoms in total. The van der Waals surface area contributed by atoms with Crippen LogP contribution in [-0.4, -0.2) is 30.3 Å². The van der Waals surface area contributed by atoms with Crippen LogP contribution in [0.3, 0.4) is 0 Å². The highest BCUT2D eigenvalue weighted by Crippen LogP contribution is 2.38. The number of nitrogens with zero attached hydrogens (tertiary/aromatic N) is 1. The molecule has 0 atom stereocenters. The van der Waals surface area contributed by atoms with Gasteiger partial charge in [0.25, 0.3) is 0 Å². The zero-order valence-corrected chi connectivity index (χ0v) is 10.9. The summed E-state index contributed by atoms with van der Waals surface area (Å²) in [5, 5.41) is 0. The Morgan fingerprint density at radius 3 is 2.20 bits per heavy atom. The molecule has 2 aliphatic rings. The van der Waals surface area contributed by atoms with E-state index in [1.54, 1.807) is 0 Å². The number of thiol groups is 1. The topological polar surface area (TPSA) is 3.24 Å². The minimum Gasteiger partial charge on any atom is -0.303 e. The molecular weight excluding hydrogens is 202 g/mol. The molecule has 88 valence electrons. The second-order valence-electron chi connectivity index (χ2n) is 5.72. The molecule has 0 aliphatic heterocycles. The summed E-state index contributed by atoms with van der Waals surface area (Å²) in [4.78, 5) is 2.60. The summed E-state index contributed by atoms with van der Waals surface area (Å²) in [6.07, 6.45) is 11.4. The van der Waals surface area contributed by atoms with Gasteiger partial charge in [0.2, 0.25) is 0 Å². The minimum absolute atomic E-state index is 0.539. The smallest absolute Gasteiger partial charge is 0.00936 e. The quantitative estimate of drug-likeness (QED) is 0.569. The summed E-state index contributed by atoms with van der Waals surface area (Å²) in [6, 6.07) is 0.907. The van der Waals surface area contributed by atoms with Crippen LogP contribution in [0.2, 0.25) is 0 Å². The molecule has 0 aromatic rings. The normalized spacial score (nSPS) is 26.6. The largest absolute Gasteiger partial charge is 0.303 e. The zero-order chi connectivity index (χ0) is 10.7. The van der Waals surface area contributed by atoms with Crippen LogP contribution in [0.4, 0.5) is 0 Å². The Balaban J connectivity index is 1.92. The van der Waals surface area contributed by atoms with E-state index in [1.807, 2.05) is 0 Å². The highest BCUT2D eigenvalue weighted by Gasteiger charge is 2.35. The molecule has 15 heavy (non-hydrogen) atoms. The molecule has 2 rings (SSSR count). The molecule has 0 radical (unpaired) electrons. The predicted octanol–water partition coefficient (Wildman–Crippen LogP) is 3.35. The van der Waals surface area contributed by atoms with E-state index in [4.69, 9.17) is 0 Å². The van der Waals surface area contributed by atoms with Crippen LogP contribution in [0.5, 0.6) is 0 Å². The highest BCUT2D eigenvalue weighted by atomic mass is 32.1. The summed E-state index contributed by atoms with van der Waals surface area (Å²) < 4.78 is 0. The van der Waals surface area contributed by atoms with E-state index < -0.39 is 0 Å². The third kappa shape index (κ3) is 3.13. The number of rotatable bonds is 4. The lowest BCUT2D eigenvalue weighted by molar-refractivity contribution is 0.169. The van der Waals surface area contributed by atoms with Gasteiger partial charge in [-0.25, -0.2) is 0 Å². The minimum atomic E-state index is 0.539. The Morgan fingerprint density at radius 2 is 1.73 bits per heavy atom. The first-order valence-corrected chi connectivity index (χ1v) is 7.20. The molecule has 2 heteroatoms. The third-order valence-corrected chi connectivity index (χ3v) is 4.93. The summed E-state index contributed by atoms with van der Waals surface area (Å²) >= 11 is 4.63. The Kier molecular flexibility index (Phi) is 4.00. The van der Waals surface area contributed by atoms with Gasteiger partial charge in [-0.15, -0.1) is 0 Å². The molecule has 2 aliphatic carbocycles. The monoisotopic (exact) mass is 227 g/mol. The Labute approximate surface area is 100 Å². The molecule has 0 bridgehead atoms. The molecular formula is C13H25NS. The van der Waals surface area contributed by atoms with Gasteiger partial charge in [-0.3, -0.25) is 0 Å². The SMILES string of the molecule is CN(CC1(CS)CCCCCC1)C1CC1. The van der Waals surface area contributed by atoms with Crippen LogP contribution in [0, 0.1) is 5.41 Å². The first-order chi connectivity index (χ1) is 7.26. The second kappa shape index (κ2) is 5.09. The van der Waals surface area contributed by atoms with E-state index in [2.05, 4.69) is 24.6 Å². The molecule has 0 saturated heterocycles.